The molecule has 0 aliphatic carbocycles. The van der Waals surface area contributed by atoms with Crippen molar-refractivity contribution in [1.82, 2.24) is 15.1 Å². The number of carbonyl (C=O) groups is 2. The summed E-state index contributed by atoms with van der Waals surface area (Å²) in [4.78, 5) is 25.9. The number of amides is 2. The highest BCUT2D eigenvalue weighted by molar-refractivity contribution is 5.78. The second-order valence-electron chi connectivity index (χ2n) is 4.92. The van der Waals surface area contributed by atoms with E-state index in [9.17, 15) is 9.59 Å². The van der Waals surface area contributed by atoms with Crippen molar-refractivity contribution in [1.29, 1.82) is 0 Å². The number of hydrogen-bond donors (Lipinski definition) is 1. The van der Waals surface area contributed by atoms with E-state index < -0.39 is 0 Å². The van der Waals surface area contributed by atoms with Gasteiger partial charge in [-0.05, 0) is 19.9 Å². The third kappa shape index (κ3) is 2.04. The normalized spacial score (nSPS) is 23.1. The van der Waals surface area contributed by atoms with Gasteiger partial charge in [-0.1, -0.05) is 0 Å². The predicted octanol–water partition coefficient (Wildman–Crippen LogP) is -0.713. The summed E-state index contributed by atoms with van der Waals surface area (Å²) >= 11 is 0. The van der Waals surface area contributed by atoms with Crippen LogP contribution in [0.5, 0.6) is 0 Å². The van der Waals surface area contributed by atoms with E-state index >= 15 is 0 Å². The number of hydrogen-bond acceptors (Lipinski definition) is 3. The van der Waals surface area contributed by atoms with Gasteiger partial charge in [0.25, 0.3) is 0 Å². The molecule has 2 amide bonds. The summed E-state index contributed by atoms with van der Waals surface area (Å²) in [5.41, 5.74) is 0.317. The maximum Gasteiger partial charge on any atom is 0.236 e. The zero-order valence-corrected chi connectivity index (χ0v) is 9.74. The Kier molecular flexibility index (Phi) is 3.14. The van der Waals surface area contributed by atoms with Crippen molar-refractivity contribution >= 4 is 12.3 Å². The molecule has 0 bridgehead atoms. The largest absolute Gasteiger partial charge is 0.344 e. The molecule has 2 heterocycles. The minimum Gasteiger partial charge on any atom is -0.344 e. The Hall–Kier alpha value is -1.10. The second kappa shape index (κ2) is 4.41. The summed E-state index contributed by atoms with van der Waals surface area (Å²) in [6.07, 6.45) is 2.99. The van der Waals surface area contributed by atoms with Crippen LogP contribution in [0.1, 0.15) is 12.8 Å². The molecule has 2 aliphatic rings. The second-order valence-corrected chi connectivity index (χ2v) is 4.92. The van der Waals surface area contributed by atoms with Crippen LogP contribution in [0.25, 0.3) is 0 Å². The van der Waals surface area contributed by atoms with E-state index in [-0.39, 0.29) is 5.91 Å². The van der Waals surface area contributed by atoms with Gasteiger partial charge in [-0.2, -0.15) is 0 Å². The van der Waals surface area contributed by atoms with E-state index in [0.717, 1.165) is 45.4 Å². The number of likely N-dealkylation sites (N-methyl/N-ethyl adjacent to an activating group) is 1. The topological polar surface area (TPSA) is 52.7 Å². The van der Waals surface area contributed by atoms with Crippen molar-refractivity contribution in [2.75, 3.05) is 39.8 Å². The Bertz CT molecular complexity index is 277. The molecule has 0 unspecified atom stereocenters. The fourth-order valence-electron chi connectivity index (χ4n) is 2.70. The monoisotopic (exact) mass is 225 g/mol. The number of piperidine rings is 1. The molecule has 0 aromatic carbocycles. The lowest BCUT2D eigenvalue weighted by atomic mass is 9.72. The van der Waals surface area contributed by atoms with Gasteiger partial charge >= 0.3 is 0 Å². The Morgan fingerprint density at radius 1 is 1.38 bits per heavy atom. The molecule has 0 saturated carbocycles. The number of likely N-dealkylation sites (tertiary alicyclic amines) is 2. The number of nitrogens with zero attached hydrogens (tertiary/aromatic N) is 2. The quantitative estimate of drug-likeness (QED) is 0.645. The molecule has 5 heteroatoms. The molecule has 0 radical (unpaired) electrons. The van der Waals surface area contributed by atoms with E-state index in [1.54, 1.807) is 7.05 Å². The third-order valence-corrected chi connectivity index (χ3v) is 3.73. The lowest BCUT2D eigenvalue weighted by molar-refractivity contribution is -0.140. The molecule has 1 N–H and O–H groups in total. The van der Waals surface area contributed by atoms with Crippen molar-refractivity contribution in [3.63, 3.8) is 0 Å². The highest BCUT2D eigenvalue weighted by Crippen LogP contribution is 2.39. The van der Waals surface area contributed by atoms with Crippen molar-refractivity contribution in [2.45, 2.75) is 12.8 Å². The molecule has 2 rings (SSSR count). The molecule has 0 atom stereocenters. The maximum absolute atomic E-state index is 11.6. The van der Waals surface area contributed by atoms with Gasteiger partial charge in [0.05, 0.1) is 6.54 Å². The van der Waals surface area contributed by atoms with Crippen molar-refractivity contribution in [3.05, 3.63) is 0 Å². The molecule has 1 spiro atoms. The first kappa shape index (κ1) is 11.4. The van der Waals surface area contributed by atoms with Crippen LogP contribution >= 0.6 is 0 Å². The first-order chi connectivity index (χ1) is 7.69. The van der Waals surface area contributed by atoms with Crippen molar-refractivity contribution in [2.24, 2.45) is 5.41 Å². The van der Waals surface area contributed by atoms with Crippen LogP contribution in [0.4, 0.5) is 0 Å². The minimum absolute atomic E-state index is 0.184. The highest BCUT2D eigenvalue weighted by Gasteiger charge is 2.44. The summed E-state index contributed by atoms with van der Waals surface area (Å²) in [6, 6.07) is 0. The first-order valence-electron chi connectivity index (χ1n) is 5.81. The molecule has 16 heavy (non-hydrogen) atoms. The number of nitrogens with one attached hydrogen (secondary N) is 1. The standard InChI is InChI=1S/C11H19N3O2/c1-12-6-10(16)14-4-2-11(3-5-14)7-13(8-11)9-15/h9,12H,2-8H2,1H3. The summed E-state index contributed by atoms with van der Waals surface area (Å²) in [5, 5.41) is 2.88. The average molecular weight is 225 g/mol. The van der Waals surface area contributed by atoms with Crippen LogP contribution in [0.3, 0.4) is 0 Å². The van der Waals surface area contributed by atoms with Gasteiger partial charge in [0.2, 0.25) is 12.3 Å². The van der Waals surface area contributed by atoms with Gasteiger partial charge in [-0.15, -0.1) is 0 Å². The molecular formula is C11H19N3O2. The van der Waals surface area contributed by atoms with Crippen molar-refractivity contribution in [3.8, 4) is 0 Å². The van der Waals surface area contributed by atoms with Crippen LogP contribution in [-0.4, -0.2) is 61.9 Å². The lowest BCUT2D eigenvalue weighted by Gasteiger charge is -2.52. The Labute approximate surface area is 95.8 Å². The Morgan fingerprint density at radius 2 is 2.00 bits per heavy atom. The molecule has 0 aromatic heterocycles. The van der Waals surface area contributed by atoms with Gasteiger partial charge < -0.3 is 15.1 Å². The number of rotatable bonds is 3. The molecule has 2 aliphatic heterocycles. The van der Waals surface area contributed by atoms with E-state index in [1.807, 2.05) is 9.80 Å². The summed E-state index contributed by atoms with van der Waals surface area (Å²) in [5.74, 6) is 0.184. The fraction of sp³-hybridized carbons (Fsp3) is 0.818. The predicted molar refractivity (Wildman–Crippen MR) is 59.8 cm³/mol. The lowest BCUT2D eigenvalue weighted by Crippen LogP contribution is -2.60. The van der Waals surface area contributed by atoms with E-state index in [0.29, 0.717) is 12.0 Å². The van der Waals surface area contributed by atoms with Crippen LogP contribution in [-0.2, 0) is 9.59 Å². The van der Waals surface area contributed by atoms with E-state index in [1.165, 1.54) is 0 Å². The average Bonchev–Trinajstić information content (AvgIpc) is 2.26. The molecule has 90 valence electrons. The van der Waals surface area contributed by atoms with Gasteiger partial charge in [0.1, 0.15) is 0 Å². The Balaban J connectivity index is 1.79. The molecular weight excluding hydrogens is 206 g/mol. The number of carbonyl (C=O) groups excluding carboxylic acids is 2. The van der Waals surface area contributed by atoms with Crippen LogP contribution in [0, 0.1) is 5.41 Å². The molecule has 0 aromatic rings. The van der Waals surface area contributed by atoms with Crippen LogP contribution in [0.15, 0.2) is 0 Å². The van der Waals surface area contributed by atoms with Gasteiger partial charge in [-0.3, -0.25) is 9.59 Å². The SMILES string of the molecule is CNCC(=O)N1CCC2(CC1)CN(C=O)C2. The van der Waals surface area contributed by atoms with E-state index in [2.05, 4.69) is 5.32 Å². The van der Waals surface area contributed by atoms with Gasteiger partial charge in [0, 0.05) is 31.6 Å². The van der Waals surface area contributed by atoms with Crippen LogP contribution in [0.2, 0.25) is 0 Å². The highest BCUT2D eigenvalue weighted by atomic mass is 16.2. The zero-order chi connectivity index (χ0) is 11.6. The zero-order valence-electron chi connectivity index (χ0n) is 9.74. The summed E-state index contributed by atoms with van der Waals surface area (Å²) in [7, 11) is 1.79. The van der Waals surface area contributed by atoms with Gasteiger partial charge in [0.15, 0.2) is 0 Å². The summed E-state index contributed by atoms with van der Waals surface area (Å²) in [6.45, 7) is 3.86. The smallest absolute Gasteiger partial charge is 0.236 e. The van der Waals surface area contributed by atoms with Crippen LogP contribution < -0.4 is 5.32 Å². The van der Waals surface area contributed by atoms with E-state index in [4.69, 9.17) is 0 Å². The minimum atomic E-state index is 0.184. The molecule has 5 nitrogen and oxygen atoms in total. The first-order valence-corrected chi connectivity index (χ1v) is 5.81. The summed E-state index contributed by atoms with van der Waals surface area (Å²) < 4.78 is 0. The molecule has 2 fully saturated rings. The molecule has 2 saturated heterocycles. The maximum atomic E-state index is 11.6. The van der Waals surface area contributed by atoms with Gasteiger partial charge in [-0.25, -0.2) is 0 Å². The Morgan fingerprint density at radius 3 is 2.50 bits per heavy atom. The fourth-order valence-corrected chi connectivity index (χ4v) is 2.70. The van der Waals surface area contributed by atoms with Crippen molar-refractivity contribution < 1.29 is 9.59 Å². The third-order valence-electron chi connectivity index (χ3n) is 3.73.